The number of carbonyl (C=O) groups excluding carboxylic acids is 1. The molecule has 2 heterocycles. The highest BCUT2D eigenvalue weighted by atomic mass is 35.5. The monoisotopic (exact) mass is 602 g/mol. The van der Waals surface area contributed by atoms with E-state index in [4.69, 9.17) is 27.9 Å². The minimum absolute atomic E-state index is 0.0631. The summed E-state index contributed by atoms with van der Waals surface area (Å²) in [6.45, 7) is 5.83. The summed E-state index contributed by atoms with van der Waals surface area (Å²) in [7, 11) is -7.77. The fraction of sp³-hybridized carbons (Fsp3) is 0.375. The van der Waals surface area contributed by atoms with Crippen LogP contribution in [0.3, 0.4) is 0 Å². The van der Waals surface area contributed by atoms with Gasteiger partial charge in [-0.25, -0.2) is 21.6 Å². The van der Waals surface area contributed by atoms with Gasteiger partial charge >= 0.3 is 6.09 Å². The second-order valence-electron chi connectivity index (χ2n) is 9.93. The standard InChI is InChI=1S/C24H28Cl2N4O6S2/c1-24(2,3)36-23(31)30-12-10-17(11-13-30)37(32,33)28-15-4-6-16(7-5-15)38(34,35)29-20-9-8-18(25)21-19(26)14-27-22(20)21/h4-9,14,17,27-29H,10-13H2,1-3H3. The number of sulfonamides is 2. The predicted octanol–water partition coefficient (Wildman–Crippen LogP) is 5.42. The first-order valence-electron chi connectivity index (χ1n) is 11.7. The number of amides is 1. The zero-order valence-electron chi connectivity index (χ0n) is 20.9. The van der Waals surface area contributed by atoms with Gasteiger partial charge in [-0.3, -0.25) is 9.44 Å². The van der Waals surface area contributed by atoms with Gasteiger partial charge in [0.2, 0.25) is 10.0 Å². The van der Waals surface area contributed by atoms with E-state index in [1.165, 1.54) is 47.5 Å². The van der Waals surface area contributed by atoms with Crippen molar-refractivity contribution >= 4 is 71.6 Å². The maximum absolute atomic E-state index is 13.0. The molecule has 0 bridgehead atoms. The lowest BCUT2D eigenvalue weighted by Crippen LogP contribution is -2.45. The first-order valence-corrected chi connectivity index (χ1v) is 15.5. The Bertz CT molecular complexity index is 1560. The summed E-state index contributed by atoms with van der Waals surface area (Å²) < 4.78 is 62.2. The summed E-state index contributed by atoms with van der Waals surface area (Å²) >= 11 is 12.3. The Hall–Kier alpha value is -2.67. The van der Waals surface area contributed by atoms with Crippen molar-refractivity contribution in [2.45, 2.75) is 49.4 Å². The van der Waals surface area contributed by atoms with Crippen LogP contribution in [-0.4, -0.2) is 56.8 Å². The molecule has 4 rings (SSSR count). The van der Waals surface area contributed by atoms with Crippen molar-refractivity contribution in [1.82, 2.24) is 9.88 Å². The molecule has 1 aliphatic rings. The quantitative estimate of drug-likeness (QED) is 0.344. The van der Waals surface area contributed by atoms with E-state index in [9.17, 15) is 21.6 Å². The molecule has 0 saturated carbocycles. The molecular weight excluding hydrogens is 575 g/mol. The van der Waals surface area contributed by atoms with Crippen LogP contribution in [0.1, 0.15) is 33.6 Å². The van der Waals surface area contributed by atoms with E-state index in [1.54, 1.807) is 20.8 Å². The normalized spacial score (nSPS) is 15.4. The summed E-state index contributed by atoms with van der Waals surface area (Å²) in [4.78, 5) is 16.6. The number of fused-ring (bicyclic) bond motifs is 1. The summed E-state index contributed by atoms with van der Waals surface area (Å²) in [5.74, 6) is 0. The lowest BCUT2D eigenvalue weighted by Gasteiger charge is -2.33. The van der Waals surface area contributed by atoms with E-state index in [0.717, 1.165) is 0 Å². The molecule has 0 radical (unpaired) electrons. The first kappa shape index (κ1) is 28.3. The molecule has 3 aromatic rings. The van der Waals surface area contributed by atoms with Crippen LogP contribution in [0, 0.1) is 0 Å². The van der Waals surface area contributed by atoms with Crippen LogP contribution < -0.4 is 9.44 Å². The van der Waals surface area contributed by atoms with Crippen LogP contribution in [0.4, 0.5) is 16.2 Å². The topological polar surface area (TPSA) is 138 Å². The molecule has 206 valence electrons. The number of H-pyrrole nitrogens is 1. The Morgan fingerprint density at radius 3 is 2.21 bits per heavy atom. The molecule has 3 N–H and O–H groups in total. The highest BCUT2D eigenvalue weighted by Crippen LogP contribution is 2.35. The number of ether oxygens (including phenoxy) is 1. The third-order valence-corrected chi connectivity index (χ3v) is 9.80. The third kappa shape index (κ3) is 6.31. The summed E-state index contributed by atoms with van der Waals surface area (Å²) in [6.07, 6.45) is 1.55. The maximum atomic E-state index is 13.0. The number of hydrogen-bond acceptors (Lipinski definition) is 6. The van der Waals surface area contributed by atoms with Gasteiger partial charge in [0.1, 0.15) is 5.60 Å². The lowest BCUT2D eigenvalue weighted by atomic mass is 10.1. The summed E-state index contributed by atoms with van der Waals surface area (Å²) in [5.41, 5.74) is 0.295. The highest BCUT2D eigenvalue weighted by Gasteiger charge is 2.33. The molecule has 2 aromatic carbocycles. The van der Waals surface area contributed by atoms with E-state index >= 15 is 0 Å². The van der Waals surface area contributed by atoms with Crippen LogP contribution in [0.15, 0.2) is 47.5 Å². The van der Waals surface area contributed by atoms with Gasteiger partial charge in [0.25, 0.3) is 10.0 Å². The molecule has 1 aromatic heterocycles. The molecule has 1 amide bonds. The highest BCUT2D eigenvalue weighted by molar-refractivity contribution is 7.93. The van der Waals surface area contributed by atoms with Crippen LogP contribution in [0.2, 0.25) is 10.0 Å². The van der Waals surface area contributed by atoms with Gasteiger partial charge in [-0.1, -0.05) is 23.2 Å². The second-order valence-corrected chi connectivity index (χ2v) is 14.4. The number of halogens is 2. The van der Waals surface area contributed by atoms with E-state index in [0.29, 0.717) is 20.9 Å². The Morgan fingerprint density at radius 1 is 0.974 bits per heavy atom. The molecule has 0 aliphatic carbocycles. The van der Waals surface area contributed by atoms with Crippen molar-refractivity contribution in [3.05, 3.63) is 52.6 Å². The number of nitrogens with one attached hydrogen (secondary N) is 3. The number of hydrogen-bond donors (Lipinski definition) is 3. The number of anilines is 2. The van der Waals surface area contributed by atoms with Gasteiger partial charge in [-0.15, -0.1) is 0 Å². The van der Waals surface area contributed by atoms with Crippen molar-refractivity contribution < 1.29 is 26.4 Å². The maximum Gasteiger partial charge on any atom is 0.410 e. The van der Waals surface area contributed by atoms with E-state index in [2.05, 4.69) is 14.4 Å². The minimum atomic E-state index is -4.00. The Balaban J connectivity index is 1.41. The van der Waals surface area contributed by atoms with Gasteiger partial charge in [0, 0.05) is 30.4 Å². The van der Waals surface area contributed by atoms with Gasteiger partial charge in [0.05, 0.1) is 31.4 Å². The average molecular weight is 604 g/mol. The first-order chi connectivity index (χ1) is 17.7. The van der Waals surface area contributed by atoms with Crippen molar-refractivity contribution in [2.24, 2.45) is 0 Å². The number of aromatic nitrogens is 1. The molecule has 1 aliphatic heterocycles. The largest absolute Gasteiger partial charge is 0.444 e. The number of rotatable bonds is 6. The summed E-state index contributed by atoms with van der Waals surface area (Å²) in [5, 5.41) is 0.529. The van der Waals surface area contributed by atoms with E-state index in [-0.39, 0.29) is 42.2 Å². The Morgan fingerprint density at radius 2 is 1.61 bits per heavy atom. The third-order valence-electron chi connectivity index (χ3n) is 5.94. The number of piperidine rings is 1. The molecule has 0 atom stereocenters. The van der Waals surface area contributed by atoms with Crippen LogP contribution in [-0.2, 0) is 24.8 Å². The molecular formula is C24H28Cl2N4O6S2. The molecule has 10 nitrogen and oxygen atoms in total. The smallest absolute Gasteiger partial charge is 0.410 e. The van der Waals surface area contributed by atoms with Crippen molar-refractivity contribution in [3.63, 3.8) is 0 Å². The van der Waals surface area contributed by atoms with Crippen molar-refractivity contribution in [3.8, 4) is 0 Å². The van der Waals surface area contributed by atoms with Crippen molar-refractivity contribution in [2.75, 3.05) is 22.5 Å². The van der Waals surface area contributed by atoms with E-state index in [1.807, 2.05) is 0 Å². The zero-order valence-corrected chi connectivity index (χ0v) is 24.1. The molecule has 0 spiro atoms. The number of benzene rings is 2. The number of likely N-dealkylation sites (tertiary alicyclic amines) is 1. The zero-order chi connectivity index (χ0) is 27.9. The lowest BCUT2D eigenvalue weighted by molar-refractivity contribution is 0.0217. The predicted molar refractivity (Wildman–Crippen MR) is 149 cm³/mol. The Kier molecular flexibility index (Phi) is 7.81. The number of aromatic amines is 1. The van der Waals surface area contributed by atoms with Crippen LogP contribution >= 0.6 is 23.2 Å². The molecule has 38 heavy (non-hydrogen) atoms. The SMILES string of the molecule is CC(C)(C)OC(=O)N1CCC(S(=O)(=O)Nc2ccc(S(=O)(=O)Nc3ccc(Cl)c4c(Cl)c[nH]c34)cc2)CC1. The fourth-order valence-electron chi connectivity index (χ4n) is 4.08. The number of nitrogens with zero attached hydrogens (tertiary/aromatic N) is 1. The van der Waals surface area contributed by atoms with Crippen molar-refractivity contribution in [1.29, 1.82) is 0 Å². The molecule has 0 unspecified atom stereocenters. The molecule has 1 fully saturated rings. The summed E-state index contributed by atoms with van der Waals surface area (Å²) in [6, 6.07) is 8.43. The molecule has 14 heteroatoms. The van der Waals surface area contributed by atoms with Gasteiger partial charge in [-0.2, -0.15) is 0 Å². The number of carbonyl (C=O) groups is 1. The molecule has 1 saturated heterocycles. The minimum Gasteiger partial charge on any atom is -0.444 e. The average Bonchev–Trinajstić information content (AvgIpc) is 3.22. The van der Waals surface area contributed by atoms with Crippen LogP contribution in [0.25, 0.3) is 10.9 Å². The van der Waals surface area contributed by atoms with Gasteiger partial charge < -0.3 is 14.6 Å². The fourth-order valence-corrected chi connectivity index (χ4v) is 7.18. The Labute approximate surface area is 231 Å². The second kappa shape index (κ2) is 10.5. The van der Waals surface area contributed by atoms with Gasteiger partial charge in [0.15, 0.2) is 0 Å². The van der Waals surface area contributed by atoms with E-state index < -0.39 is 37.0 Å². The van der Waals surface area contributed by atoms with Crippen LogP contribution in [0.5, 0.6) is 0 Å². The van der Waals surface area contributed by atoms with Gasteiger partial charge in [-0.05, 0) is 70.0 Å².